The number of likely N-dealkylation sites (tertiary alicyclic amines) is 1. The molecule has 0 unspecified atom stereocenters. The molecule has 10 nitrogen and oxygen atoms in total. The molecule has 1 aromatic heterocycles. The van der Waals surface area contributed by atoms with Crippen molar-refractivity contribution in [1.29, 1.82) is 0 Å². The Balaban J connectivity index is 1.54. The second-order valence-corrected chi connectivity index (χ2v) is 11.3. The quantitative estimate of drug-likeness (QED) is 0.538. The van der Waals surface area contributed by atoms with E-state index in [0.717, 1.165) is 0 Å². The topological polar surface area (TPSA) is 107 Å². The molecule has 1 amide bonds. The summed E-state index contributed by atoms with van der Waals surface area (Å²) in [6.07, 6.45) is 2.47. The lowest BCUT2D eigenvalue weighted by Crippen LogP contribution is -2.51. The molecule has 3 saturated heterocycles. The first kappa shape index (κ1) is 26.1. The van der Waals surface area contributed by atoms with Gasteiger partial charge >= 0.3 is 5.97 Å². The van der Waals surface area contributed by atoms with Gasteiger partial charge in [-0.3, -0.25) is 4.79 Å². The molecule has 4 heterocycles. The number of carbonyl (C=O) groups excluding carboxylic acids is 2. The van der Waals surface area contributed by atoms with Crippen molar-refractivity contribution in [1.82, 2.24) is 13.8 Å². The van der Waals surface area contributed by atoms with Crippen LogP contribution in [0.15, 0.2) is 4.90 Å². The van der Waals surface area contributed by atoms with Crippen LogP contribution in [-0.4, -0.2) is 85.9 Å². The number of carbonyl (C=O) groups is 2. The van der Waals surface area contributed by atoms with Crippen molar-refractivity contribution in [3.05, 3.63) is 17.0 Å². The monoisotopic (exact) mass is 511 g/mol. The minimum atomic E-state index is -4.01. The number of nitrogens with zero attached hydrogens (tertiary/aromatic N) is 3. The first-order valence-electron chi connectivity index (χ1n) is 12.6. The van der Waals surface area contributed by atoms with Crippen LogP contribution in [0.5, 0.6) is 0 Å². The molecule has 1 atom stereocenters. The van der Waals surface area contributed by atoms with E-state index in [-0.39, 0.29) is 29.5 Å². The van der Waals surface area contributed by atoms with Gasteiger partial charge in [0.2, 0.25) is 15.9 Å². The van der Waals surface area contributed by atoms with Crippen molar-refractivity contribution in [3.63, 3.8) is 0 Å². The van der Waals surface area contributed by atoms with Gasteiger partial charge in [0.1, 0.15) is 10.5 Å². The fourth-order valence-corrected chi connectivity index (χ4v) is 7.67. The van der Waals surface area contributed by atoms with E-state index in [1.54, 1.807) is 20.8 Å². The van der Waals surface area contributed by atoms with Gasteiger partial charge in [0, 0.05) is 57.0 Å². The predicted molar refractivity (Wildman–Crippen MR) is 127 cm³/mol. The average Bonchev–Trinajstić information content (AvgIpc) is 3.40. The third-order valence-corrected chi connectivity index (χ3v) is 9.53. The van der Waals surface area contributed by atoms with E-state index in [4.69, 9.17) is 14.2 Å². The first-order chi connectivity index (χ1) is 16.6. The maximum Gasteiger partial charge on any atom is 0.341 e. The molecule has 0 bridgehead atoms. The molecular formula is C24H37N3O7S. The number of sulfonamides is 1. The van der Waals surface area contributed by atoms with Gasteiger partial charge < -0.3 is 23.7 Å². The standard InChI is InChI=1S/C24H37N3O7S/c1-5-27-17(3)20(23(29)32-6-2)21(18(27)4)35(30,31)26-11-7-8-19(16-26)22(28)25-12-9-24(10-13-25)33-14-15-34-24/h19H,5-16H2,1-4H3/t19-/m1/s1. The maximum atomic E-state index is 13.9. The number of hydrogen-bond acceptors (Lipinski definition) is 7. The summed E-state index contributed by atoms with van der Waals surface area (Å²) in [7, 11) is -4.01. The highest BCUT2D eigenvalue weighted by molar-refractivity contribution is 7.89. The third-order valence-electron chi connectivity index (χ3n) is 7.50. The second-order valence-electron chi connectivity index (χ2n) is 9.47. The Morgan fingerprint density at radius 1 is 1.06 bits per heavy atom. The molecule has 3 fully saturated rings. The fourth-order valence-electron chi connectivity index (χ4n) is 5.69. The molecule has 1 aromatic rings. The SMILES string of the molecule is CCOC(=O)c1c(S(=O)(=O)N2CCC[C@@H](C(=O)N3CCC4(CC3)OCCO4)C2)c(C)n(CC)c1C. The first-order valence-corrected chi connectivity index (χ1v) is 14.0. The predicted octanol–water partition coefficient (Wildman–Crippen LogP) is 2.07. The van der Waals surface area contributed by atoms with Gasteiger partial charge in [-0.1, -0.05) is 0 Å². The second kappa shape index (κ2) is 10.2. The average molecular weight is 512 g/mol. The molecule has 3 aliphatic heterocycles. The largest absolute Gasteiger partial charge is 0.462 e. The van der Waals surface area contributed by atoms with Gasteiger partial charge in [0.05, 0.1) is 25.7 Å². The third kappa shape index (κ3) is 4.75. The molecule has 4 rings (SSSR count). The Labute approximate surface area is 207 Å². The highest BCUT2D eigenvalue weighted by Crippen LogP contribution is 2.35. The van der Waals surface area contributed by atoms with Gasteiger partial charge in [-0.05, 0) is 40.5 Å². The molecule has 11 heteroatoms. The number of amides is 1. The van der Waals surface area contributed by atoms with Gasteiger partial charge in [0.25, 0.3) is 0 Å². The van der Waals surface area contributed by atoms with Crippen LogP contribution in [0.4, 0.5) is 0 Å². The normalized spacial score (nSPS) is 23.1. The molecule has 3 aliphatic rings. The number of rotatable bonds is 6. The van der Waals surface area contributed by atoms with Crippen LogP contribution in [-0.2, 0) is 35.6 Å². The molecule has 0 N–H and O–H groups in total. The highest BCUT2D eigenvalue weighted by atomic mass is 32.2. The zero-order chi connectivity index (χ0) is 25.4. The zero-order valence-corrected chi connectivity index (χ0v) is 22.0. The summed E-state index contributed by atoms with van der Waals surface area (Å²) in [5.74, 6) is -1.65. The van der Waals surface area contributed by atoms with Gasteiger partial charge in [-0.2, -0.15) is 4.31 Å². The Hall–Kier alpha value is -1.95. The number of piperidine rings is 2. The molecule has 0 aliphatic carbocycles. The van der Waals surface area contributed by atoms with Crippen LogP contribution in [0.25, 0.3) is 0 Å². The smallest absolute Gasteiger partial charge is 0.341 e. The minimum Gasteiger partial charge on any atom is -0.462 e. The van der Waals surface area contributed by atoms with E-state index in [9.17, 15) is 18.0 Å². The Kier molecular flexibility index (Phi) is 7.61. The highest BCUT2D eigenvalue weighted by Gasteiger charge is 2.43. The lowest BCUT2D eigenvalue weighted by molar-refractivity contribution is -0.188. The van der Waals surface area contributed by atoms with E-state index in [1.807, 2.05) is 16.4 Å². The van der Waals surface area contributed by atoms with E-state index in [1.165, 1.54) is 4.31 Å². The fraction of sp³-hybridized carbons (Fsp3) is 0.750. The van der Waals surface area contributed by atoms with Crippen LogP contribution >= 0.6 is 0 Å². The summed E-state index contributed by atoms with van der Waals surface area (Å²) in [6.45, 7) is 10.4. The maximum absolute atomic E-state index is 13.9. The van der Waals surface area contributed by atoms with E-state index in [0.29, 0.717) is 76.5 Å². The molecule has 196 valence electrons. The van der Waals surface area contributed by atoms with Crippen molar-refractivity contribution in [2.45, 2.75) is 70.6 Å². The molecular weight excluding hydrogens is 474 g/mol. The molecule has 35 heavy (non-hydrogen) atoms. The summed E-state index contributed by atoms with van der Waals surface area (Å²) in [5, 5.41) is 0. The van der Waals surface area contributed by atoms with Gasteiger partial charge in [-0.25, -0.2) is 13.2 Å². The summed E-state index contributed by atoms with van der Waals surface area (Å²) < 4.78 is 47.7. The molecule has 0 saturated carbocycles. The summed E-state index contributed by atoms with van der Waals surface area (Å²) in [5.41, 5.74) is 1.18. The van der Waals surface area contributed by atoms with Gasteiger partial charge in [0.15, 0.2) is 5.79 Å². The summed E-state index contributed by atoms with van der Waals surface area (Å²) >= 11 is 0. The summed E-state index contributed by atoms with van der Waals surface area (Å²) in [4.78, 5) is 27.9. The van der Waals surface area contributed by atoms with E-state index >= 15 is 0 Å². The Morgan fingerprint density at radius 3 is 2.31 bits per heavy atom. The van der Waals surface area contributed by atoms with Crippen molar-refractivity contribution >= 4 is 21.9 Å². The zero-order valence-electron chi connectivity index (χ0n) is 21.2. The van der Waals surface area contributed by atoms with Crippen LogP contribution in [0, 0.1) is 19.8 Å². The number of ether oxygens (including phenoxy) is 3. The molecule has 0 radical (unpaired) electrons. The molecule has 0 aromatic carbocycles. The van der Waals surface area contributed by atoms with Crippen molar-refractivity contribution < 1.29 is 32.2 Å². The Bertz CT molecular complexity index is 1070. The lowest BCUT2D eigenvalue weighted by atomic mass is 9.96. The van der Waals surface area contributed by atoms with E-state index in [2.05, 4.69) is 0 Å². The van der Waals surface area contributed by atoms with Gasteiger partial charge in [-0.15, -0.1) is 0 Å². The summed E-state index contributed by atoms with van der Waals surface area (Å²) in [6, 6.07) is 0. The van der Waals surface area contributed by atoms with Crippen molar-refractivity contribution in [3.8, 4) is 0 Å². The molecule has 1 spiro atoms. The van der Waals surface area contributed by atoms with Crippen LogP contribution in [0.2, 0.25) is 0 Å². The van der Waals surface area contributed by atoms with Crippen LogP contribution in [0.1, 0.15) is 61.3 Å². The number of esters is 1. The number of hydrogen-bond donors (Lipinski definition) is 0. The van der Waals surface area contributed by atoms with E-state index < -0.39 is 27.7 Å². The van der Waals surface area contributed by atoms with Crippen molar-refractivity contribution in [2.24, 2.45) is 5.92 Å². The van der Waals surface area contributed by atoms with Crippen LogP contribution in [0.3, 0.4) is 0 Å². The lowest BCUT2D eigenvalue weighted by Gasteiger charge is -2.40. The minimum absolute atomic E-state index is 0.00107. The number of aromatic nitrogens is 1. The Morgan fingerprint density at radius 2 is 1.71 bits per heavy atom. The van der Waals surface area contributed by atoms with Crippen molar-refractivity contribution in [2.75, 3.05) is 46.0 Å². The van der Waals surface area contributed by atoms with Crippen LogP contribution < -0.4 is 0 Å².